The quantitative estimate of drug-likeness (QED) is 0.723. The lowest BCUT2D eigenvalue weighted by Gasteiger charge is -2.13. The molecule has 1 aromatic heterocycles. The standard InChI is InChI=1S/C16H21F2N3O2/c1-10-14(11(2)21(20-10)5-6-22)8-19-9-16(23)13-4-3-12(17)7-15(13)18/h3-4,7,16,19,22-23H,5-6,8-9H2,1-2H3/t16-/m0/s1. The van der Waals surface area contributed by atoms with E-state index in [4.69, 9.17) is 5.11 Å². The minimum Gasteiger partial charge on any atom is -0.394 e. The Morgan fingerprint density at radius 3 is 2.70 bits per heavy atom. The van der Waals surface area contributed by atoms with Crippen molar-refractivity contribution in [1.82, 2.24) is 15.1 Å². The molecule has 2 rings (SSSR count). The van der Waals surface area contributed by atoms with Gasteiger partial charge in [0.25, 0.3) is 0 Å². The van der Waals surface area contributed by atoms with Crippen molar-refractivity contribution < 1.29 is 19.0 Å². The van der Waals surface area contributed by atoms with Crippen molar-refractivity contribution >= 4 is 0 Å². The van der Waals surface area contributed by atoms with E-state index in [1.807, 2.05) is 13.8 Å². The molecule has 0 amide bonds. The molecule has 1 aromatic carbocycles. The molecule has 1 atom stereocenters. The summed E-state index contributed by atoms with van der Waals surface area (Å²) in [5.74, 6) is -1.43. The number of rotatable bonds is 7. The maximum Gasteiger partial charge on any atom is 0.131 e. The summed E-state index contributed by atoms with van der Waals surface area (Å²) < 4.78 is 28.2. The zero-order valence-electron chi connectivity index (χ0n) is 13.2. The third-order valence-electron chi connectivity index (χ3n) is 3.80. The first-order chi connectivity index (χ1) is 10.9. The van der Waals surface area contributed by atoms with Crippen LogP contribution in [0.15, 0.2) is 18.2 Å². The molecule has 0 spiro atoms. The molecule has 23 heavy (non-hydrogen) atoms. The molecule has 5 nitrogen and oxygen atoms in total. The summed E-state index contributed by atoms with van der Waals surface area (Å²) in [5, 5.41) is 26.4. The third-order valence-corrected chi connectivity index (χ3v) is 3.80. The van der Waals surface area contributed by atoms with E-state index in [1.165, 1.54) is 6.07 Å². The van der Waals surface area contributed by atoms with Gasteiger partial charge in [-0.05, 0) is 19.9 Å². The Labute approximate surface area is 133 Å². The van der Waals surface area contributed by atoms with Gasteiger partial charge in [0, 0.05) is 36.0 Å². The number of hydrogen-bond donors (Lipinski definition) is 3. The molecule has 126 valence electrons. The average Bonchev–Trinajstić information content (AvgIpc) is 2.75. The fraction of sp³-hybridized carbons (Fsp3) is 0.438. The molecular formula is C16H21F2N3O2. The second kappa shape index (κ2) is 7.63. The fourth-order valence-corrected chi connectivity index (χ4v) is 2.52. The number of hydrogen-bond acceptors (Lipinski definition) is 4. The lowest BCUT2D eigenvalue weighted by atomic mass is 10.1. The third kappa shape index (κ3) is 4.13. The van der Waals surface area contributed by atoms with E-state index in [0.717, 1.165) is 29.1 Å². The van der Waals surface area contributed by atoms with E-state index in [2.05, 4.69) is 10.4 Å². The Hall–Kier alpha value is -1.83. The number of aliphatic hydroxyl groups is 2. The summed E-state index contributed by atoms with van der Waals surface area (Å²) in [6, 6.07) is 3.12. The van der Waals surface area contributed by atoms with Crippen LogP contribution in [0.1, 0.15) is 28.6 Å². The van der Waals surface area contributed by atoms with Crippen LogP contribution in [0, 0.1) is 25.5 Å². The molecule has 1 heterocycles. The highest BCUT2D eigenvalue weighted by molar-refractivity contribution is 5.25. The minimum absolute atomic E-state index is 0.0113. The first-order valence-corrected chi connectivity index (χ1v) is 7.41. The molecule has 0 fully saturated rings. The Kier molecular flexibility index (Phi) is 5.81. The number of halogens is 2. The molecular weight excluding hydrogens is 304 g/mol. The fourth-order valence-electron chi connectivity index (χ4n) is 2.52. The molecule has 0 radical (unpaired) electrons. The van der Waals surface area contributed by atoms with E-state index in [0.29, 0.717) is 13.1 Å². The van der Waals surface area contributed by atoms with Crippen molar-refractivity contribution in [3.05, 3.63) is 52.3 Å². The Morgan fingerprint density at radius 2 is 2.04 bits per heavy atom. The van der Waals surface area contributed by atoms with E-state index in [9.17, 15) is 13.9 Å². The lowest BCUT2D eigenvalue weighted by molar-refractivity contribution is 0.169. The number of aliphatic hydroxyl groups excluding tert-OH is 2. The molecule has 7 heteroatoms. The highest BCUT2D eigenvalue weighted by Gasteiger charge is 2.15. The van der Waals surface area contributed by atoms with Crippen LogP contribution in [0.2, 0.25) is 0 Å². The van der Waals surface area contributed by atoms with Gasteiger partial charge in [-0.25, -0.2) is 8.78 Å². The SMILES string of the molecule is Cc1nn(CCO)c(C)c1CNC[C@H](O)c1ccc(F)cc1F. The molecule has 0 bridgehead atoms. The van der Waals surface area contributed by atoms with Gasteiger partial charge in [-0.15, -0.1) is 0 Å². The van der Waals surface area contributed by atoms with Gasteiger partial charge in [-0.3, -0.25) is 4.68 Å². The normalized spacial score (nSPS) is 12.6. The molecule has 0 aliphatic rings. The molecule has 0 aliphatic carbocycles. The summed E-state index contributed by atoms with van der Waals surface area (Å²) in [6.07, 6.45) is -1.07. The summed E-state index contributed by atoms with van der Waals surface area (Å²) in [7, 11) is 0. The predicted octanol–water partition coefficient (Wildman–Crippen LogP) is 1.59. The second-order valence-electron chi connectivity index (χ2n) is 5.41. The number of nitrogens with zero attached hydrogens (tertiary/aromatic N) is 2. The van der Waals surface area contributed by atoms with Gasteiger partial charge < -0.3 is 15.5 Å². The van der Waals surface area contributed by atoms with Gasteiger partial charge in [0.05, 0.1) is 24.9 Å². The monoisotopic (exact) mass is 325 g/mol. The van der Waals surface area contributed by atoms with Crippen LogP contribution in [0.25, 0.3) is 0 Å². The maximum absolute atomic E-state index is 13.6. The van der Waals surface area contributed by atoms with E-state index in [-0.39, 0.29) is 18.7 Å². The largest absolute Gasteiger partial charge is 0.394 e. The zero-order valence-corrected chi connectivity index (χ0v) is 13.2. The first kappa shape index (κ1) is 17.5. The van der Waals surface area contributed by atoms with Crippen molar-refractivity contribution in [3.63, 3.8) is 0 Å². The average molecular weight is 325 g/mol. The maximum atomic E-state index is 13.6. The Balaban J connectivity index is 1.97. The van der Waals surface area contributed by atoms with Gasteiger partial charge in [0.15, 0.2) is 0 Å². The number of aromatic nitrogens is 2. The first-order valence-electron chi connectivity index (χ1n) is 7.41. The highest BCUT2D eigenvalue weighted by Crippen LogP contribution is 2.18. The predicted molar refractivity (Wildman–Crippen MR) is 81.8 cm³/mol. The molecule has 0 saturated heterocycles. The van der Waals surface area contributed by atoms with Crippen LogP contribution in [0.5, 0.6) is 0 Å². The van der Waals surface area contributed by atoms with Crippen LogP contribution in [0.3, 0.4) is 0 Å². The number of benzene rings is 1. The minimum atomic E-state index is -1.07. The van der Waals surface area contributed by atoms with Crippen molar-refractivity contribution in [1.29, 1.82) is 0 Å². The molecule has 0 saturated carbocycles. The lowest BCUT2D eigenvalue weighted by Crippen LogP contribution is -2.22. The van der Waals surface area contributed by atoms with Crippen molar-refractivity contribution in [2.24, 2.45) is 0 Å². The summed E-state index contributed by atoms with van der Waals surface area (Å²) >= 11 is 0. The van der Waals surface area contributed by atoms with Crippen molar-refractivity contribution in [2.75, 3.05) is 13.2 Å². The smallest absolute Gasteiger partial charge is 0.131 e. The number of nitrogens with one attached hydrogen (secondary N) is 1. The van der Waals surface area contributed by atoms with Crippen LogP contribution >= 0.6 is 0 Å². The van der Waals surface area contributed by atoms with E-state index < -0.39 is 17.7 Å². The number of aryl methyl sites for hydroxylation is 1. The molecule has 0 aliphatic heterocycles. The van der Waals surface area contributed by atoms with Gasteiger partial charge >= 0.3 is 0 Å². The molecule has 2 aromatic rings. The second-order valence-corrected chi connectivity index (χ2v) is 5.41. The van der Waals surface area contributed by atoms with E-state index in [1.54, 1.807) is 4.68 Å². The van der Waals surface area contributed by atoms with Crippen LogP contribution < -0.4 is 5.32 Å². The summed E-state index contributed by atoms with van der Waals surface area (Å²) in [6.45, 7) is 4.81. The Bertz CT molecular complexity index is 674. The van der Waals surface area contributed by atoms with Crippen LogP contribution in [0.4, 0.5) is 8.78 Å². The topological polar surface area (TPSA) is 70.3 Å². The molecule has 3 N–H and O–H groups in total. The zero-order chi connectivity index (χ0) is 17.0. The molecule has 0 unspecified atom stereocenters. The van der Waals surface area contributed by atoms with Gasteiger partial charge in [-0.2, -0.15) is 5.10 Å². The highest BCUT2D eigenvalue weighted by atomic mass is 19.1. The summed E-state index contributed by atoms with van der Waals surface area (Å²) in [5.41, 5.74) is 2.81. The van der Waals surface area contributed by atoms with Crippen LogP contribution in [-0.2, 0) is 13.1 Å². The van der Waals surface area contributed by atoms with Gasteiger partial charge in [0.1, 0.15) is 11.6 Å². The van der Waals surface area contributed by atoms with Gasteiger partial charge in [0.2, 0.25) is 0 Å². The van der Waals surface area contributed by atoms with Crippen LogP contribution in [-0.4, -0.2) is 33.1 Å². The Morgan fingerprint density at radius 1 is 1.30 bits per heavy atom. The van der Waals surface area contributed by atoms with Gasteiger partial charge in [-0.1, -0.05) is 6.07 Å². The van der Waals surface area contributed by atoms with Crippen molar-refractivity contribution in [3.8, 4) is 0 Å². The van der Waals surface area contributed by atoms with E-state index >= 15 is 0 Å². The van der Waals surface area contributed by atoms with Crippen molar-refractivity contribution in [2.45, 2.75) is 33.0 Å². The summed E-state index contributed by atoms with van der Waals surface area (Å²) in [4.78, 5) is 0.